The fraction of sp³-hybridized carbons (Fsp3) is 0.909. The van der Waals surface area contributed by atoms with Crippen LogP contribution < -0.4 is 11.1 Å². The molecule has 4 heteroatoms. The summed E-state index contributed by atoms with van der Waals surface area (Å²) >= 11 is 1.68. The second-order valence-electron chi connectivity index (χ2n) is 4.37. The van der Waals surface area contributed by atoms with E-state index in [-0.39, 0.29) is 11.9 Å². The molecule has 1 aliphatic rings. The van der Waals surface area contributed by atoms with Gasteiger partial charge in [0.25, 0.3) is 0 Å². The normalized spacial score (nSPS) is 19.1. The van der Waals surface area contributed by atoms with E-state index in [0.29, 0.717) is 11.8 Å². The lowest BCUT2D eigenvalue weighted by atomic mass is 10.2. The van der Waals surface area contributed by atoms with Crippen LogP contribution in [0.25, 0.3) is 0 Å². The van der Waals surface area contributed by atoms with E-state index >= 15 is 0 Å². The highest BCUT2D eigenvalue weighted by Gasteiger charge is 2.16. The summed E-state index contributed by atoms with van der Waals surface area (Å²) in [6, 6.07) is 0.696. The number of thioether (sulfide) groups is 1. The molecule has 0 aromatic heterocycles. The number of hydrogen-bond acceptors (Lipinski definition) is 3. The maximum absolute atomic E-state index is 11.5. The van der Waals surface area contributed by atoms with Crippen molar-refractivity contribution in [3.05, 3.63) is 0 Å². The molecule has 0 heterocycles. The molecule has 0 saturated heterocycles. The van der Waals surface area contributed by atoms with Crippen LogP contribution in [0.2, 0.25) is 0 Å². The molecule has 0 spiro atoms. The Bertz CT molecular complexity index is 191. The highest BCUT2D eigenvalue weighted by atomic mass is 32.2. The minimum Gasteiger partial charge on any atom is -0.353 e. The molecule has 1 rings (SSSR count). The fourth-order valence-corrected chi connectivity index (χ4v) is 2.73. The zero-order valence-electron chi connectivity index (χ0n) is 9.50. The summed E-state index contributed by atoms with van der Waals surface area (Å²) in [7, 11) is 0. The minimum absolute atomic E-state index is 0.191. The van der Waals surface area contributed by atoms with E-state index in [9.17, 15) is 4.79 Å². The molecule has 88 valence electrons. The number of nitrogens with two attached hydrogens (primary N) is 1. The Morgan fingerprint density at radius 1 is 1.53 bits per heavy atom. The standard InChI is InChI=1S/C11H22N2OS/c1-9(12)6-7-15-8-11(14)13-10-4-2-3-5-10/h9-10H,2-8,12H2,1H3,(H,13,14). The van der Waals surface area contributed by atoms with Crippen LogP contribution in [0.3, 0.4) is 0 Å². The number of amides is 1. The molecule has 1 saturated carbocycles. The van der Waals surface area contributed by atoms with Gasteiger partial charge < -0.3 is 11.1 Å². The summed E-state index contributed by atoms with van der Waals surface area (Å²) in [5, 5.41) is 3.08. The molecule has 0 radical (unpaired) electrons. The zero-order valence-corrected chi connectivity index (χ0v) is 10.3. The maximum Gasteiger partial charge on any atom is 0.230 e. The molecule has 1 amide bonds. The van der Waals surface area contributed by atoms with E-state index in [2.05, 4.69) is 5.32 Å². The quantitative estimate of drug-likeness (QED) is 0.680. The van der Waals surface area contributed by atoms with Gasteiger partial charge in [0, 0.05) is 12.1 Å². The molecule has 1 unspecified atom stereocenters. The Labute approximate surface area is 96.6 Å². The molecular weight excluding hydrogens is 208 g/mol. The predicted octanol–water partition coefficient (Wildman–Crippen LogP) is 1.52. The van der Waals surface area contributed by atoms with Gasteiger partial charge in [0.05, 0.1) is 5.75 Å². The van der Waals surface area contributed by atoms with Crippen molar-refractivity contribution in [1.82, 2.24) is 5.32 Å². The summed E-state index contributed by atoms with van der Waals surface area (Å²) in [4.78, 5) is 11.5. The van der Waals surface area contributed by atoms with Gasteiger partial charge >= 0.3 is 0 Å². The monoisotopic (exact) mass is 230 g/mol. The number of rotatable bonds is 6. The zero-order chi connectivity index (χ0) is 11.1. The Morgan fingerprint density at radius 3 is 2.80 bits per heavy atom. The molecular formula is C11H22N2OS. The Balaban J connectivity index is 1.98. The van der Waals surface area contributed by atoms with Crippen LogP contribution in [0.5, 0.6) is 0 Å². The second kappa shape index (κ2) is 7.12. The molecule has 0 bridgehead atoms. The largest absolute Gasteiger partial charge is 0.353 e. The van der Waals surface area contributed by atoms with Gasteiger partial charge in [0.1, 0.15) is 0 Å². The van der Waals surface area contributed by atoms with Gasteiger partial charge in [-0.25, -0.2) is 0 Å². The van der Waals surface area contributed by atoms with Crippen LogP contribution in [-0.2, 0) is 4.79 Å². The topological polar surface area (TPSA) is 55.1 Å². The first-order valence-corrected chi connectivity index (χ1v) is 6.96. The van der Waals surface area contributed by atoms with Gasteiger partial charge in [-0.15, -0.1) is 0 Å². The van der Waals surface area contributed by atoms with Crippen molar-refractivity contribution in [2.75, 3.05) is 11.5 Å². The van der Waals surface area contributed by atoms with Crippen molar-refractivity contribution >= 4 is 17.7 Å². The van der Waals surface area contributed by atoms with Crippen LogP contribution in [0.15, 0.2) is 0 Å². The van der Waals surface area contributed by atoms with E-state index < -0.39 is 0 Å². The number of carbonyl (C=O) groups is 1. The van der Waals surface area contributed by atoms with Gasteiger partial charge in [-0.3, -0.25) is 4.79 Å². The highest BCUT2D eigenvalue weighted by Crippen LogP contribution is 2.17. The third-order valence-corrected chi connectivity index (χ3v) is 3.66. The Morgan fingerprint density at radius 2 is 2.20 bits per heavy atom. The van der Waals surface area contributed by atoms with Crippen molar-refractivity contribution in [1.29, 1.82) is 0 Å². The minimum atomic E-state index is 0.191. The summed E-state index contributed by atoms with van der Waals surface area (Å²) in [6.07, 6.45) is 5.85. The predicted molar refractivity (Wildman–Crippen MR) is 66.0 cm³/mol. The van der Waals surface area contributed by atoms with E-state index in [0.717, 1.165) is 25.0 Å². The molecule has 1 fully saturated rings. The van der Waals surface area contributed by atoms with Crippen LogP contribution in [0, 0.1) is 0 Å². The first kappa shape index (κ1) is 12.8. The van der Waals surface area contributed by atoms with Crippen molar-refractivity contribution in [2.24, 2.45) is 5.73 Å². The third kappa shape index (κ3) is 6.05. The summed E-state index contributed by atoms with van der Waals surface area (Å²) < 4.78 is 0. The lowest BCUT2D eigenvalue weighted by molar-refractivity contribution is -0.119. The van der Waals surface area contributed by atoms with Crippen molar-refractivity contribution in [2.45, 2.75) is 51.1 Å². The first-order chi connectivity index (χ1) is 7.18. The van der Waals surface area contributed by atoms with Crippen LogP contribution in [-0.4, -0.2) is 29.5 Å². The maximum atomic E-state index is 11.5. The lowest BCUT2D eigenvalue weighted by Crippen LogP contribution is -2.34. The van der Waals surface area contributed by atoms with Crippen molar-refractivity contribution in [3.8, 4) is 0 Å². The Kier molecular flexibility index (Phi) is 6.10. The lowest BCUT2D eigenvalue weighted by Gasteiger charge is -2.11. The van der Waals surface area contributed by atoms with Gasteiger partial charge in [-0.1, -0.05) is 12.8 Å². The molecule has 1 atom stereocenters. The number of carbonyl (C=O) groups excluding carboxylic acids is 1. The summed E-state index contributed by atoms with van der Waals surface area (Å²) in [5.74, 6) is 1.76. The number of hydrogen-bond donors (Lipinski definition) is 2. The molecule has 3 N–H and O–H groups in total. The number of nitrogens with one attached hydrogen (secondary N) is 1. The fourth-order valence-electron chi connectivity index (χ4n) is 1.77. The van der Waals surface area contributed by atoms with Gasteiger partial charge in [-0.2, -0.15) is 11.8 Å². The molecule has 1 aliphatic carbocycles. The average molecular weight is 230 g/mol. The van der Waals surface area contributed by atoms with E-state index in [1.54, 1.807) is 11.8 Å². The highest BCUT2D eigenvalue weighted by molar-refractivity contribution is 7.99. The summed E-state index contributed by atoms with van der Waals surface area (Å²) in [5.41, 5.74) is 5.63. The van der Waals surface area contributed by atoms with Gasteiger partial charge in [-0.05, 0) is 31.9 Å². The average Bonchev–Trinajstić information content (AvgIpc) is 2.64. The summed E-state index contributed by atoms with van der Waals surface area (Å²) in [6.45, 7) is 2.00. The van der Waals surface area contributed by atoms with Crippen molar-refractivity contribution < 1.29 is 4.79 Å². The molecule has 0 aromatic carbocycles. The van der Waals surface area contributed by atoms with E-state index in [4.69, 9.17) is 5.73 Å². The van der Waals surface area contributed by atoms with E-state index in [1.165, 1.54) is 12.8 Å². The Hall–Kier alpha value is -0.220. The first-order valence-electron chi connectivity index (χ1n) is 5.81. The van der Waals surface area contributed by atoms with Crippen molar-refractivity contribution in [3.63, 3.8) is 0 Å². The SMILES string of the molecule is CC(N)CCSCC(=O)NC1CCCC1. The van der Waals surface area contributed by atoms with Crippen LogP contribution >= 0.6 is 11.8 Å². The van der Waals surface area contributed by atoms with E-state index in [1.807, 2.05) is 6.92 Å². The third-order valence-electron chi connectivity index (χ3n) is 2.67. The molecule has 0 aliphatic heterocycles. The molecule has 3 nitrogen and oxygen atoms in total. The second-order valence-corrected chi connectivity index (χ2v) is 5.47. The van der Waals surface area contributed by atoms with Crippen LogP contribution in [0.1, 0.15) is 39.0 Å². The molecule has 0 aromatic rings. The molecule has 15 heavy (non-hydrogen) atoms. The smallest absolute Gasteiger partial charge is 0.230 e. The van der Waals surface area contributed by atoms with Gasteiger partial charge in [0.2, 0.25) is 5.91 Å². The van der Waals surface area contributed by atoms with Crippen LogP contribution in [0.4, 0.5) is 0 Å². The van der Waals surface area contributed by atoms with Gasteiger partial charge in [0.15, 0.2) is 0 Å².